The third kappa shape index (κ3) is 6.04. The molecular weight excluding hydrogens is 388 g/mol. The van der Waals surface area contributed by atoms with Gasteiger partial charge in [-0.3, -0.25) is 14.7 Å². The molecular formula is C20H30N6O2S. The monoisotopic (exact) mass is 418 g/mol. The minimum Gasteiger partial charge on any atom is -0.468 e. The molecule has 0 aromatic carbocycles. The van der Waals surface area contributed by atoms with E-state index in [9.17, 15) is 4.79 Å². The number of amides is 1. The Morgan fingerprint density at radius 3 is 2.72 bits per heavy atom. The van der Waals surface area contributed by atoms with Crippen LogP contribution in [-0.2, 0) is 0 Å². The molecule has 3 N–H and O–H groups in total. The summed E-state index contributed by atoms with van der Waals surface area (Å²) in [6.07, 6.45) is 5.48. The predicted molar refractivity (Wildman–Crippen MR) is 115 cm³/mol. The summed E-state index contributed by atoms with van der Waals surface area (Å²) in [5.74, 6) is 1.60. The lowest BCUT2D eigenvalue weighted by atomic mass is 10.1. The number of aryl methyl sites for hydroxylation is 1. The van der Waals surface area contributed by atoms with Gasteiger partial charge in [0.2, 0.25) is 0 Å². The summed E-state index contributed by atoms with van der Waals surface area (Å²) in [6.45, 7) is 5.81. The van der Waals surface area contributed by atoms with E-state index in [0.717, 1.165) is 24.5 Å². The van der Waals surface area contributed by atoms with E-state index in [1.807, 2.05) is 19.1 Å². The third-order valence-corrected chi connectivity index (χ3v) is 5.97. The summed E-state index contributed by atoms with van der Waals surface area (Å²) in [4.78, 5) is 23.7. The van der Waals surface area contributed by atoms with Crippen LogP contribution in [0.1, 0.15) is 46.4 Å². The Kier molecular flexibility index (Phi) is 8.06. The Morgan fingerprint density at radius 1 is 1.28 bits per heavy atom. The number of carbonyl (C=O) groups is 1. The minimum absolute atomic E-state index is 0.0854. The Bertz CT molecular complexity index is 783. The maximum atomic E-state index is 12.1. The van der Waals surface area contributed by atoms with Gasteiger partial charge in [0.05, 0.1) is 23.5 Å². The fourth-order valence-corrected chi connectivity index (χ4v) is 4.21. The van der Waals surface area contributed by atoms with Gasteiger partial charge in [-0.2, -0.15) is 0 Å². The van der Waals surface area contributed by atoms with Crippen LogP contribution < -0.4 is 16.0 Å². The van der Waals surface area contributed by atoms with Gasteiger partial charge in [0.1, 0.15) is 10.6 Å². The summed E-state index contributed by atoms with van der Waals surface area (Å²) in [7, 11) is 1.75. The number of piperidine rings is 1. The van der Waals surface area contributed by atoms with Crippen molar-refractivity contribution in [1.29, 1.82) is 0 Å². The fourth-order valence-electron chi connectivity index (χ4n) is 3.49. The molecule has 1 amide bonds. The van der Waals surface area contributed by atoms with Gasteiger partial charge in [-0.1, -0.05) is 6.42 Å². The molecule has 29 heavy (non-hydrogen) atoms. The zero-order valence-electron chi connectivity index (χ0n) is 17.1. The van der Waals surface area contributed by atoms with Crippen molar-refractivity contribution in [3.63, 3.8) is 0 Å². The Balaban J connectivity index is 1.45. The Labute approximate surface area is 175 Å². The SMILES string of the molecule is CN=C(NCCNC(=O)c1scnc1C)NCC(c1ccco1)N1CCCCC1. The van der Waals surface area contributed by atoms with E-state index < -0.39 is 0 Å². The van der Waals surface area contributed by atoms with Crippen LogP contribution in [0.5, 0.6) is 0 Å². The van der Waals surface area contributed by atoms with Gasteiger partial charge in [0.15, 0.2) is 5.96 Å². The number of aliphatic imine (C=N–C) groups is 1. The van der Waals surface area contributed by atoms with Gasteiger partial charge in [0.25, 0.3) is 5.91 Å². The number of guanidine groups is 1. The molecule has 0 bridgehead atoms. The second kappa shape index (κ2) is 11.0. The average Bonchev–Trinajstić information content (AvgIpc) is 3.42. The quantitative estimate of drug-likeness (QED) is 0.346. The molecule has 1 atom stereocenters. The molecule has 1 saturated heterocycles. The van der Waals surface area contributed by atoms with E-state index in [0.29, 0.717) is 30.5 Å². The molecule has 3 heterocycles. The number of thiazole rings is 1. The second-order valence-corrected chi connectivity index (χ2v) is 7.89. The summed E-state index contributed by atoms with van der Waals surface area (Å²) < 4.78 is 5.69. The number of rotatable bonds is 8. The first kappa shape index (κ1) is 21.3. The molecule has 1 fully saturated rings. The number of hydrogen-bond donors (Lipinski definition) is 3. The van der Waals surface area contributed by atoms with E-state index in [-0.39, 0.29) is 11.9 Å². The molecule has 3 rings (SSSR count). The normalized spacial score (nSPS) is 16.4. The molecule has 0 saturated carbocycles. The highest BCUT2D eigenvalue weighted by Gasteiger charge is 2.24. The van der Waals surface area contributed by atoms with Gasteiger partial charge in [0, 0.05) is 26.7 Å². The van der Waals surface area contributed by atoms with Gasteiger partial charge in [-0.25, -0.2) is 4.98 Å². The van der Waals surface area contributed by atoms with Crippen LogP contribution in [0.2, 0.25) is 0 Å². The molecule has 9 heteroatoms. The van der Waals surface area contributed by atoms with Crippen molar-refractivity contribution in [3.8, 4) is 0 Å². The number of likely N-dealkylation sites (tertiary alicyclic amines) is 1. The van der Waals surface area contributed by atoms with Crippen LogP contribution in [0, 0.1) is 6.92 Å². The third-order valence-electron chi connectivity index (χ3n) is 5.04. The van der Waals surface area contributed by atoms with Crippen molar-refractivity contribution in [3.05, 3.63) is 40.2 Å². The molecule has 2 aromatic rings. The van der Waals surface area contributed by atoms with Crippen molar-refractivity contribution < 1.29 is 9.21 Å². The fraction of sp³-hybridized carbons (Fsp3) is 0.550. The lowest BCUT2D eigenvalue weighted by Crippen LogP contribution is -2.46. The predicted octanol–water partition coefficient (Wildman–Crippen LogP) is 2.17. The molecule has 1 unspecified atom stereocenters. The standard InChI is InChI=1S/C20H30N6O2S/c1-15-18(29-14-25-15)19(27)22-8-9-23-20(21-2)24-13-16(17-7-6-12-28-17)26-10-4-3-5-11-26/h6-7,12,14,16H,3-5,8-11,13H2,1-2H3,(H,22,27)(H2,21,23,24). The summed E-state index contributed by atoms with van der Waals surface area (Å²) >= 11 is 1.36. The number of aromatic nitrogens is 1. The number of carbonyl (C=O) groups excluding carboxylic acids is 1. The lowest BCUT2D eigenvalue weighted by Gasteiger charge is -2.33. The average molecular weight is 419 g/mol. The van der Waals surface area contributed by atoms with Gasteiger partial charge in [-0.15, -0.1) is 11.3 Å². The zero-order chi connectivity index (χ0) is 20.5. The second-order valence-electron chi connectivity index (χ2n) is 7.03. The van der Waals surface area contributed by atoms with Gasteiger partial charge in [-0.05, 0) is 45.0 Å². The molecule has 0 radical (unpaired) electrons. The minimum atomic E-state index is -0.0854. The van der Waals surface area contributed by atoms with Crippen LogP contribution >= 0.6 is 11.3 Å². The first-order valence-corrected chi connectivity index (χ1v) is 11.0. The molecule has 2 aromatic heterocycles. The van der Waals surface area contributed by atoms with Crippen molar-refractivity contribution >= 4 is 23.2 Å². The van der Waals surface area contributed by atoms with Crippen LogP contribution in [-0.4, -0.2) is 61.5 Å². The largest absolute Gasteiger partial charge is 0.468 e. The number of furan rings is 1. The van der Waals surface area contributed by atoms with E-state index in [1.54, 1.807) is 18.8 Å². The smallest absolute Gasteiger partial charge is 0.263 e. The summed E-state index contributed by atoms with van der Waals surface area (Å²) in [5.41, 5.74) is 2.45. The number of nitrogens with one attached hydrogen (secondary N) is 3. The highest BCUT2D eigenvalue weighted by Crippen LogP contribution is 2.24. The molecule has 1 aliphatic heterocycles. The maximum absolute atomic E-state index is 12.1. The van der Waals surface area contributed by atoms with E-state index in [1.165, 1.54) is 30.6 Å². The zero-order valence-corrected chi connectivity index (χ0v) is 17.9. The van der Waals surface area contributed by atoms with E-state index >= 15 is 0 Å². The molecule has 0 spiro atoms. The van der Waals surface area contributed by atoms with Crippen LogP contribution in [0.25, 0.3) is 0 Å². The van der Waals surface area contributed by atoms with Crippen LogP contribution in [0.4, 0.5) is 0 Å². The van der Waals surface area contributed by atoms with E-state index in [4.69, 9.17) is 4.42 Å². The Morgan fingerprint density at radius 2 is 2.07 bits per heavy atom. The van der Waals surface area contributed by atoms with Crippen molar-refractivity contribution in [1.82, 2.24) is 25.8 Å². The first-order valence-electron chi connectivity index (χ1n) is 10.1. The number of hydrogen-bond acceptors (Lipinski definition) is 6. The van der Waals surface area contributed by atoms with Gasteiger partial charge < -0.3 is 20.4 Å². The molecule has 8 nitrogen and oxygen atoms in total. The number of nitrogens with zero attached hydrogens (tertiary/aromatic N) is 3. The first-order chi connectivity index (χ1) is 14.2. The van der Waals surface area contributed by atoms with Gasteiger partial charge >= 0.3 is 0 Å². The summed E-state index contributed by atoms with van der Waals surface area (Å²) in [5, 5.41) is 9.55. The molecule has 158 valence electrons. The van der Waals surface area contributed by atoms with Crippen molar-refractivity contribution in [2.45, 2.75) is 32.2 Å². The maximum Gasteiger partial charge on any atom is 0.263 e. The Hall–Kier alpha value is -2.39. The van der Waals surface area contributed by atoms with E-state index in [2.05, 4.69) is 30.8 Å². The molecule has 0 aliphatic carbocycles. The van der Waals surface area contributed by atoms with Crippen molar-refractivity contribution in [2.75, 3.05) is 39.8 Å². The highest BCUT2D eigenvalue weighted by molar-refractivity contribution is 7.11. The van der Waals surface area contributed by atoms with Crippen LogP contribution in [0.15, 0.2) is 33.3 Å². The summed E-state index contributed by atoms with van der Waals surface area (Å²) in [6, 6.07) is 4.15. The highest BCUT2D eigenvalue weighted by atomic mass is 32.1. The molecule has 1 aliphatic rings. The van der Waals surface area contributed by atoms with Crippen molar-refractivity contribution in [2.24, 2.45) is 4.99 Å². The lowest BCUT2D eigenvalue weighted by molar-refractivity contribution is 0.0957. The van der Waals surface area contributed by atoms with Crippen LogP contribution in [0.3, 0.4) is 0 Å². The topological polar surface area (TPSA) is 94.8 Å².